The Morgan fingerprint density at radius 1 is 1.29 bits per heavy atom. The van der Waals surface area contributed by atoms with Gasteiger partial charge in [-0.25, -0.2) is 0 Å². The molecule has 0 radical (unpaired) electrons. The van der Waals surface area contributed by atoms with E-state index < -0.39 is 0 Å². The molecular weight excluding hydrogens is 218 g/mol. The second-order valence-electron chi connectivity index (χ2n) is 4.27. The number of aliphatic hydroxyl groups excluding tert-OH is 1. The largest absolute Gasteiger partial charge is 0.486 e. The zero-order valence-corrected chi connectivity index (χ0v) is 10.1. The number of hydrogen-bond donors (Lipinski definition) is 2. The van der Waals surface area contributed by atoms with E-state index >= 15 is 0 Å². The van der Waals surface area contributed by atoms with Crippen molar-refractivity contribution < 1.29 is 14.6 Å². The summed E-state index contributed by atoms with van der Waals surface area (Å²) in [5.74, 6) is 1.65. The van der Waals surface area contributed by atoms with Gasteiger partial charge in [-0.1, -0.05) is 6.07 Å². The first-order chi connectivity index (χ1) is 8.29. The predicted octanol–water partition coefficient (Wildman–Crippen LogP) is 1.32. The summed E-state index contributed by atoms with van der Waals surface area (Å²) in [7, 11) is 0. The molecule has 2 N–H and O–H groups in total. The van der Waals surface area contributed by atoms with Crippen LogP contribution in [0.2, 0.25) is 0 Å². The van der Waals surface area contributed by atoms with Crippen molar-refractivity contribution in [3.05, 3.63) is 23.8 Å². The predicted molar refractivity (Wildman–Crippen MR) is 65.4 cm³/mol. The SMILES string of the molecule is CC(CCO)NCc1ccc2c(c1)OCCO2. The van der Waals surface area contributed by atoms with Crippen LogP contribution in [0.3, 0.4) is 0 Å². The number of ether oxygens (including phenoxy) is 2. The molecule has 94 valence electrons. The van der Waals surface area contributed by atoms with Gasteiger partial charge in [-0.05, 0) is 31.0 Å². The Balaban J connectivity index is 1.93. The van der Waals surface area contributed by atoms with Gasteiger partial charge in [-0.2, -0.15) is 0 Å². The average molecular weight is 237 g/mol. The number of aliphatic hydroxyl groups is 1. The van der Waals surface area contributed by atoms with Crippen LogP contribution in [0.5, 0.6) is 11.5 Å². The van der Waals surface area contributed by atoms with Crippen molar-refractivity contribution in [3.63, 3.8) is 0 Å². The van der Waals surface area contributed by atoms with Crippen LogP contribution in [-0.2, 0) is 6.54 Å². The lowest BCUT2D eigenvalue weighted by molar-refractivity contribution is 0.171. The van der Waals surface area contributed by atoms with Crippen LogP contribution in [0, 0.1) is 0 Å². The van der Waals surface area contributed by atoms with Gasteiger partial charge >= 0.3 is 0 Å². The van der Waals surface area contributed by atoms with Gasteiger partial charge in [0.25, 0.3) is 0 Å². The van der Waals surface area contributed by atoms with Crippen molar-refractivity contribution in [1.82, 2.24) is 5.32 Å². The smallest absolute Gasteiger partial charge is 0.161 e. The zero-order chi connectivity index (χ0) is 12.1. The Hall–Kier alpha value is -1.26. The molecule has 0 spiro atoms. The molecule has 1 aromatic carbocycles. The summed E-state index contributed by atoms with van der Waals surface area (Å²) in [6.45, 7) is 4.30. The molecule has 0 aliphatic carbocycles. The van der Waals surface area contributed by atoms with E-state index in [-0.39, 0.29) is 6.61 Å². The van der Waals surface area contributed by atoms with E-state index in [0.717, 1.165) is 24.5 Å². The Kier molecular flexibility index (Phi) is 4.23. The van der Waals surface area contributed by atoms with Crippen molar-refractivity contribution in [3.8, 4) is 11.5 Å². The van der Waals surface area contributed by atoms with Crippen LogP contribution in [-0.4, -0.2) is 31.0 Å². The van der Waals surface area contributed by atoms with Crippen molar-refractivity contribution in [2.24, 2.45) is 0 Å². The molecule has 0 bridgehead atoms. The normalized spacial score (nSPS) is 15.6. The van der Waals surface area contributed by atoms with Crippen molar-refractivity contribution in [2.75, 3.05) is 19.8 Å². The van der Waals surface area contributed by atoms with Gasteiger partial charge in [-0.15, -0.1) is 0 Å². The van der Waals surface area contributed by atoms with E-state index in [1.165, 1.54) is 5.56 Å². The average Bonchev–Trinajstić information content (AvgIpc) is 2.36. The Morgan fingerprint density at radius 2 is 2.06 bits per heavy atom. The van der Waals surface area contributed by atoms with Gasteiger partial charge < -0.3 is 19.9 Å². The first-order valence-electron chi connectivity index (χ1n) is 6.02. The molecule has 0 saturated heterocycles. The van der Waals surface area contributed by atoms with E-state index in [0.29, 0.717) is 19.3 Å². The summed E-state index contributed by atoms with van der Waals surface area (Å²) in [5.41, 5.74) is 1.17. The van der Waals surface area contributed by atoms with Crippen LogP contribution < -0.4 is 14.8 Å². The minimum atomic E-state index is 0.218. The van der Waals surface area contributed by atoms with E-state index in [2.05, 4.69) is 12.2 Å². The zero-order valence-electron chi connectivity index (χ0n) is 10.1. The molecule has 0 amide bonds. The fourth-order valence-corrected chi connectivity index (χ4v) is 1.79. The molecule has 2 rings (SSSR count). The first kappa shape index (κ1) is 12.2. The van der Waals surface area contributed by atoms with Crippen LogP contribution in [0.1, 0.15) is 18.9 Å². The van der Waals surface area contributed by atoms with Gasteiger partial charge in [-0.3, -0.25) is 0 Å². The molecule has 1 heterocycles. The second-order valence-corrected chi connectivity index (χ2v) is 4.27. The summed E-state index contributed by atoms with van der Waals surface area (Å²) >= 11 is 0. The molecule has 17 heavy (non-hydrogen) atoms. The summed E-state index contributed by atoms with van der Waals surface area (Å²) in [6, 6.07) is 6.30. The molecule has 1 aromatic rings. The number of nitrogens with one attached hydrogen (secondary N) is 1. The molecule has 1 aliphatic rings. The highest BCUT2D eigenvalue weighted by Crippen LogP contribution is 2.30. The molecule has 0 aromatic heterocycles. The summed E-state index contributed by atoms with van der Waals surface area (Å²) in [5, 5.41) is 12.2. The van der Waals surface area contributed by atoms with E-state index in [9.17, 15) is 0 Å². The van der Waals surface area contributed by atoms with Gasteiger partial charge in [0.1, 0.15) is 13.2 Å². The molecule has 4 heteroatoms. The van der Waals surface area contributed by atoms with Gasteiger partial charge in [0.15, 0.2) is 11.5 Å². The summed E-state index contributed by atoms with van der Waals surface area (Å²) in [4.78, 5) is 0. The lowest BCUT2D eigenvalue weighted by atomic mass is 10.1. The summed E-state index contributed by atoms with van der Waals surface area (Å²) < 4.78 is 11.0. The van der Waals surface area contributed by atoms with Crippen molar-refractivity contribution in [2.45, 2.75) is 25.9 Å². The minimum Gasteiger partial charge on any atom is -0.486 e. The van der Waals surface area contributed by atoms with Gasteiger partial charge in [0.2, 0.25) is 0 Å². The van der Waals surface area contributed by atoms with Crippen LogP contribution in [0.4, 0.5) is 0 Å². The van der Waals surface area contributed by atoms with Gasteiger partial charge in [0, 0.05) is 19.2 Å². The lowest BCUT2D eigenvalue weighted by Crippen LogP contribution is -2.26. The third kappa shape index (κ3) is 3.35. The van der Waals surface area contributed by atoms with Gasteiger partial charge in [0.05, 0.1) is 0 Å². The second kappa shape index (κ2) is 5.89. The maximum absolute atomic E-state index is 8.82. The molecule has 0 saturated carbocycles. The third-order valence-corrected chi connectivity index (χ3v) is 2.82. The van der Waals surface area contributed by atoms with Crippen molar-refractivity contribution in [1.29, 1.82) is 0 Å². The van der Waals surface area contributed by atoms with Crippen molar-refractivity contribution >= 4 is 0 Å². The highest BCUT2D eigenvalue weighted by atomic mass is 16.6. The van der Waals surface area contributed by atoms with E-state index in [1.807, 2.05) is 18.2 Å². The summed E-state index contributed by atoms with van der Waals surface area (Å²) in [6.07, 6.45) is 0.768. The quantitative estimate of drug-likeness (QED) is 0.811. The number of benzene rings is 1. The molecule has 4 nitrogen and oxygen atoms in total. The number of hydrogen-bond acceptors (Lipinski definition) is 4. The molecule has 1 atom stereocenters. The molecular formula is C13H19NO3. The number of rotatable bonds is 5. The van der Waals surface area contributed by atoms with E-state index in [4.69, 9.17) is 14.6 Å². The van der Waals surface area contributed by atoms with Crippen LogP contribution in [0.15, 0.2) is 18.2 Å². The molecule has 0 fully saturated rings. The van der Waals surface area contributed by atoms with Crippen LogP contribution >= 0.6 is 0 Å². The third-order valence-electron chi connectivity index (χ3n) is 2.82. The molecule has 1 unspecified atom stereocenters. The Labute approximate surface area is 102 Å². The Morgan fingerprint density at radius 3 is 2.82 bits per heavy atom. The minimum absolute atomic E-state index is 0.218. The maximum atomic E-state index is 8.82. The molecule has 1 aliphatic heterocycles. The van der Waals surface area contributed by atoms with E-state index in [1.54, 1.807) is 0 Å². The monoisotopic (exact) mass is 237 g/mol. The first-order valence-corrected chi connectivity index (χ1v) is 6.02. The number of fused-ring (bicyclic) bond motifs is 1. The van der Waals surface area contributed by atoms with Crippen LogP contribution in [0.25, 0.3) is 0 Å². The maximum Gasteiger partial charge on any atom is 0.161 e. The fraction of sp³-hybridized carbons (Fsp3) is 0.538. The Bertz CT molecular complexity index is 368. The standard InChI is InChI=1S/C13H19NO3/c1-10(4-5-15)14-9-11-2-3-12-13(8-11)17-7-6-16-12/h2-3,8,10,14-15H,4-7,9H2,1H3. The topological polar surface area (TPSA) is 50.7 Å². The lowest BCUT2D eigenvalue weighted by Gasteiger charge is -2.19. The highest BCUT2D eigenvalue weighted by molar-refractivity contribution is 5.43. The fourth-order valence-electron chi connectivity index (χ4n) is 1.79. The highest BCUT2D eigenvalue weighted by Gasteiger charge is 2.11.